The number of benzene rings is 2. The number of hydrogen-bond donors (Lipinski definition) is 0. The number of hydrogen-bond acceptors (Lipinski definition) is 0. The highest BCUT2D eigenvalue weighted by Crippen LogP contribution is 2.55. The molecule has 0 saturated carbocycles. The van der Waals surface area contributed by atoms with E-state index in [1.165, 1.54) is 54.4 Å². The zero-order valence-electron chi connectivity index (χ0n) is 37.3. The maximum atomic E-state index is 3.80. The van der Waals surface area contributed by atoms with Crippen molar-refractivity contribution in [1.29, 1.82) is 0 Å². The Balaban J connectivity index is 0.00000128. The molecule has 0 heterocycles. The Bertz CT molecular complexity index is 1510. The molecular formula is C53H82. The average molecular weight is 719 g/mol. The molecule has 0 amide bonds. The Labute approximate surface area is 330 Å². The van der Waals surface area contributed by atoms with Gasteiger partial charge in [0, 0.05) is 11.8 Å². The zero-order valence-corrected chi connectivity index (χ0v) is 37.3. The van der Waals surface area contributed by atoms with Crippen LogP contribution in [0.4, 0.5) is 0 Å². The van der Waals surface area contributed by atoms with E-state index >= 15 is 0 Å². The van der Waals surface area contributed by atoms with Crippen molar-refractivity contribution >= 4 is 5.57 Å². The molecule has 3 aliphatic carbocycles. The molecule has 294 valence electrons. The third kappa shape index (κ3) is 13.3. The molecule has 0 aliphatic heterocycles. The van der Waals surface area contributed by atoms with Gasteiger partial charge in [-0.1, -0.05) is 219 Å². The molecule has 2 aromatic rings. The Hall–Kier alpha value is -3.12. The van der Waals surface area contributed by atoms with Crippen LogP contribution in [0.2, 0.25) is 0 Å². The molecule has 0 radical (unpaired) electrons. The minimum Gasteiger partial charge on any atom is -0.0991 e. The lowest BCUT2D eigenvalue weighted by Gasteiger charge is -2.32. The first kappa shape index (κ1) is 47.9. The second-order valence-electron chi connectivity index (χ2n) is 16.0. The molecule has 0 aromatic heterocycles. The summed E-state index contributed by atoms with van der Waals surface area (Å²) in [5, 5.41) is 0. The quantitative estimate of drug-likeness (QED) is 0.169. The zero-order chi connectivity index (χ0) is 40.2. The van der Waals surface area contributed by atoms with Crippen molar-refractivity contribution in [2.24, 2.45) is 17.3 Å². The van der Waals surface area contributed by atoms with Crippen LogP contribution < -0.4 is 0 Å². The highest BCUT2D eigenvalue weighted by Gasteiger charge is 2.45. The molecule has 3 aliphatic rings. The van der Waals surface area contributed by atoms with Crippen LogP contribution in [-0.2, 0) is 11.8 Å². The SMILES string of the molecule is C=C/C=C\Cc1cccc(C(C)CC/C(=C(\C)C(C)(C)C)C2C=CC(c3ccc4c(c3)C(C)(C)C3CCC=CC43)=CC2)c1.CC.CC.CC.CCCC. The molecular weight excluding hydrogens is 637 g/mol. The highest BCUT2D eigenvalue weighted by molar-refractivity contribution is 5.76. The molecule has 53 heavy (non-hydrogen) atoms. The first-order chi connectivity index (χ1) is 25.4. The van der Waals surface area contributed by atoms with Crippen molar-refractivity contribution in [2.75, 3.05) is 0 Å². The van der Waals surface area contributed by atoms with Gasteiger partial charge in [0.1, 0.15) is 0 Å². The molecule has 4 atom stereocenters. The number of rotatable bonds is 10. The van der Waals surface area contributed by atoms with E-state index < -0.39 is 0 Å². The van der Waals surface area contributed by atoms with E-state index in [2.05, 4.69) is 148 Å². The van der Waals surface area contributed by atoms with Gasteiger partial charge in [0.25, 0.3) is 0 Å². The summed E-state index contributed by atoms with van der Waals surface area (Å²) < 4.78 is 0. The van der Waals surface area contributed by atoms with Crippen molar-refractivity contribution in [1.82, 2.24) is 0 Å². The predicted molar refractivity (Wildman–Crippen MR) is 243 cm³/mol. The van der Waals surface area contributed by atoms with Gasteiger partial charge in [-0.3, -0.25) is 0 Å². The monoisotopic (exact) mass is 719 g/mol. The van der Waals surface area contributed by atoms with Crippen LogP contribution in [0.3, 0.4) is 0 Å². The average Bonchev–Trinajstić information content (AvgIpc) is 3.42. The van der Waals surface area contributed by atoms with Gasteiger partial charge in [0.05, 0.1) is 0 Å². The largest absolute Gasteiger partial charge is 0.0991 e. The molecule has 0 saturated heterocycles. The summed E-state index contributed by atoms with van der Waals surface area (Å²) >= 11 is 0. The van der Waals surface area contributed by atoms with E-state index in [1.807, 2.05) is 53.7 Å². The van der Waals surface area contributed by atoms with Gasteiger partial charge in [-0.2, -0.15) is 0 Å². The minimum atomic E-state index is 0.171. The van der Waals surface area contributed by atoms with Gasteiger partial charge in [-0.15, -0.1) is 0 Å². The van der Waals surface area contributed by atoms with E-state index in [9.17, 15) is 0 Å². The molecule has 2 aromatic carbocycles. The Morgan fingerprint density at radius 3 is 2.21 bits per heavy atom. The molecule has 0 heteroatoms. The smallest absolute Gasteiger partial charge is 0.00576 e. The van der Waals surface area contributed by atoms with Crippen molar-refractivity contribution in [3.05, 3.63) is 137 Å². The van der Waals surface area contributed by atoms with Gasteiger partial charge in [0.15, 0.2) is 0 Å². The molecule has 0 N–H and O–H groups in total. The fourth-order valence-electron chi connectivity index (χ4n) is 7.84. The van der Waals surface area contributed by atoms with Crippen LogP contribution >= 0.6 is 0 Å². The van der Waals surface area contributed by atoms with Gasteiger partial charge >= 0.3 is 0 Å². The molecule has 0 spiro atoms. The van der Waals surface area contributed by atoms with Crippen molar-refractivity contribution in [3.8, 4) is 0 Å². The summed E-state index contributed by atoms with van der Waals surface area (Å²) in [5.74, 6) is 2.33. The maximum Gasteiger partial charge on any atom is 0.00576 e. The van der Waals surface area contributed by atoms with Crippen LogP contribution in [0.15, 0.2) is 109 Å². The first-order valence-corrected chi connectivity index (χ1v) is 21.7. The molecule has 5 rings (SSSR count). The summed E-state index contributed by atoms with van der Waals surface area (Å²) in [5.41, 5.74) is 12.4. The fourth-order valence-corrected chi connectivity index (χ4v) is 7.84. The standard InChI is InChI=1S/C43H54.C4H10.3C2H6/c1-9-10-11-15-32-16-14-17-35(28-32)30(2)20-26-37(31(3)42(4,5)6)34-23-21-33(22-24-34)36-25-27-39-38-18-12-13-19-40(38)43(7,8)41(39)29-36;1-3-4-2;3*1-2/h9-12,14,16-18,21-23,25,27-30,34,38,40H,1,13,15,19-20,24,26H2,2-8H3;3-4H2,1-2H3;3*1-2H3/b11-10-,37-31-;;;;. The van der Waals surface area contributed by atoms with Gasteiger partial charge in [0.2, 0.25) is 0 Å². The predicted octanol–water partition coefficient (Wildman–Crippen LogP) is 17.1. The molecule has 0 bridgehead atoms. The van der Waals surface area contributed by atoms with E-state index in [0.717, 1.165) is 25.2 Å². The maximum absolute atomic E-state index is 3.80. The van der Waals surface area contributed by atoms with E-state index in [0.29, 0.717) is 17.8 Å². The summed E-state index contributed by atoms with van der Waals surface area (Å²) in [7, 11) is 0. The van der Waals surface area contributed by atoms with Gasteiger partial charge in [-0.25, -0.2) is 0 Å². The van der Waals surface area contributed by atoms with Crippen LogP contribution in [0.1, 0.15) is 188 Å². The Morgan fingerprint density at radius 2 is 1.62 bits per heavy atom. The third-order valence-corrected chi connectivity index (χ3v) is 11.4. The lowest BCUT2D eigenvalue weighted by atomic mass is 9.72. The lowest BCUT2D eigenvalue weighted by Crippen LogP contribution is -2.26. The van der Waals surface area contributed by atoms with E-state index in [-0.39, 0.29) is 10.8 Å². The Morgan fingerprint density at radius 1 is 0.943 bits per heavy atom. The first-order valence-electron chi connectivity index (χ1n) is 21.7. The lowest BCUT2D eigenvalue weighted by molar-refractivity contribution is 0.301. The second kappa shape index (κ2) is 24.3. The molecule has 4 unspecified atom stereocenters. The summed E-state index contributed by atoms with van der Waals surface area (Å²) in [6.45, 7) is 37.0. The van der Waals surface area contributed by atoms with Crippen molar-refractivity contribution < 1.29 is 0 Å². The van der Waals surface area contributed by atoms with Crippen LogP contribution in [0.5, 0.6) is 0 Å². The summed E-state index contributed by atoms with van der Waals surface area (Å²) in [6, 6.07) is 16.5. The van der Waals surface area contributed by atoms with Crippen molar-refractivity contribution in [2.45, 2.75) is 172 Å². The normalized spacial score (nSPS) is 20.3. The number of unbranched alkanes of at least 4 members (excludes halogenated alkanes) is 1. The van der Waals surface area contributed by atoms with Crippen molar-refractivity contribution in [3.63, 3.8) is 0 Å². The van der Waals surface area contributed by atoms with Crippen LogP contribution in [0, 0.1) is 17.3 Å². The number of allylic oxidation sites excluding steroid dienone is 11. The summed E-state index contributed by atoms with van der Waals surface area (Å²) in [6.07, 6.45) is 27.9. The molecule has 0 fully saturated rings. The second-order valence-corrected chi connectivity index (χ2v) is 16.0. The van der Waals surface area contributed by atoms with Crippen LogP contribution in [-0.4, -0.2) is 0 Å². The van der Waals surface area contributed by atoms with Gasteiger partial charge in [-0.05, 0) is 102 Å². The van der Waals surface area contributed by atoms with Gasteiger partial charge < -0.3 is 0 Å². The molecule has 0 nitrogen and oxygen atoms in total. The fraction of sp³-hybridized carbons (Fsp3) is 0.547. The summed E-state index contributed by atoms with van der Waals surface area (Å²) in [4.78, 5) is 0. The highest BCUT2D eigenvalue weighted by atomic mass is 14.5. The minimum absolute atomic E-state index is 0.171. The van der Waals surface area contributed by atoms with E-state index in [4.69, 9.17) is 0 Å². The Kier molecular flexibility index (Phi) is 22.0. The third-order valence-electron chi connectivity index (χ3n) is 11.4. The van der Waals surface area contributed by atoms with Crippen LogP contribution in [0.25, 0.3) is 5.57 Å². The number of fused-ring (bicyclic) bond motifs is 3. The topological polar surface area (TPSA) is 0 Å². The van der Waals surface area contributed by atoms with E-state index in [1.54, 1.807) is 22.3 Å².